The van der Waals surface area contributed by atoms with Crippen LogP contribution in [0.1, 0.15) is 33.6 Å². The van der Waals surface area contributed by atoms with Crippen molar-refractivity contribution in [1.29, 1.82) is 0 Å². The van der Waals surface area contributed by atoms with Gasteiger partial charge in [0.25, 0.3) is 5.91 Å². The van der Waals surface area contributed by atoms with Crippen LogP contribution in [-0.4, -0.2) is 40.5 Å². The molecule has 1 aliphatic heterocycles. The summed E-state index contributed by atoms with van der Waals surface area (Å²) < 4.78 is 5.18. The van der Waals surface area contributed by atoms with Crippen LogP contribution in [0.4, 0.5) is 4.79 Å². The molecule has 0 aliphatic carbocycles. The van der Waals surface area contributed by atoms with Crippen LogP contribution >= 0.6 is 0 Å². The zero-order valence-corrected chi connectivity index (χ0v) is 10.9. The lowest BCUT2D eigenvalue weighted by Crippen LogP contribution is -2.63. The van der Waals surface area contributed by atoms with Crippen LogP contribution in [0.25, 0.3) is 0 Å². The number of likely N-dealkylation sites (tertiary alicyclic amines) is 1. The van der Waals surface area contributed by atoms with Crippen molar-refractivity contribution in [1.82, 2.24) is 4.90 Å². The van der Waals surface area contributed by atoms with E-state index in [2.05, 4.69) is 0 Å². The SMILES string of the molecule is CC(C)(C)OC(=O)C1(C(N)=O)CCCN1C(N)=O. The number of carbonyl (C=O) groups excluding carboxylic acids is 3. The third-order valence-electron chi connectivity index (χ3n) is 2.79. The molecule has 0 saturated carbocycles. The quantitative estimate of drug-likeness (QED) is 0.523. The number of nitrogens with zero attached hydrogens (tertiary/aromatic N) is 1. The van der Waals surface area contributed by atoms with Crippen molar-refractivity contribution in [2.45, 2.75) is 44.8 Å². The number of ether oxygens (including phenoxy) is 1. The maximum absolute atomic E-state index is 12.2. The molecule has 18 heavy (non-hydrogen) atoms. The highest BCUT2D eigenvalue weighted by Gasteiger charge is 2.56. The van der Waals surface area contributed by atoms with Gasteiger partial charge in [-0.3, -0.25) is 4.79 Å². The van der Waals surface area contributed by atoms with E-state index < -0.39 is 29.0 Å². The van der Waals surface area contributed by atoms with E-state index in [1.165, 1.54) is 0 Å². The number of esters is 1. The molecule has 4 N–H and O–H groups in total. The van der Waals surface area contributed by atoms with Gasteiger partial charge >= 0.3 is 12.0 Å². The highest BCUT2D eigenvalue weighted by molar-refractivity contribution is 6.09. The van der Waals surface area contributed by atoms with E-state index in [4.69, 9.17) is 16.2 Å². The topological polar surface area (TPSA) is 116 Å². The van der Waals surface area contributed by atoms with Gasteiger partial charge < -0.3 is 21.1 Å². The predicted octanol–water partition coefficient (Wildman–Crippen LogP) is -0.273. The summed E-state index contributed by atoms with van der Waals surface area (Å²) in [5, 5.41) is 0. The van der Waals surface area contributed by atoms with Crippen LogP contribution in [0.5, 0.6) is 0 Å². The normalized spacial score (nSPS) is 23.8. The fourth-order valence-corrected chi connectivity index (χ4v) is 2.05. The van der Waals surface area contributed by atoms with Gasteiger partial charge in [0.05, 0.1) is 0 Å². The predicted molar refractivity (Wildman–Crippen MR) is 63.3 cm³/mol. The molecule has 0 aromatic carbocycles. The first-order valence-corrected chi connectivity index (χ1v) is 5.71. The van der Waals surface area contributed by atoms with Gasteiger partial charge in [0.1, 0.15) is 5.60 Å². The maximum atomic E-state index is 12.2. The van der Waals surface area contributed by atoms with E-state index in [1.54, 1.807) is 20.8 Å². The van der Waals surface area contributed by atoms with Gasteiger partial charge in [0.15, 0.2) is 0 Å². The Hall–Kier alpha value is -1.79. The summed E-state index contributed by atoms with van der Waals surface area (Å²) in [7, 11) is 0. The molecule has 3 amide bonds. The maximum Gasteiger partial charge on any atom is 0.342 e. The molecule has 0 bridgehead atoms. The summed E-state index contributed by atoms with van der Waals surface area (Å²) >= 11 is 0. The van der Waals surface area contributed by atoms with Crippen LogP contribution in [0.15, 0.2) is 0 Å². The number of amides is 3. The Kier molecular flexibility index (Phi) is 3.54. The number of carbonyl (C=O) groups is 3. The first-order valence-electron chi connectivity index (χ1n) is 5.71. The van der Waals surface area contributed by atoms with Gasteiger partial charge in [-0.15, -0.1) is 0 Å². The van der Waals surface area contributed by atoms with Crippen molar-refractivity contribution in [3.05, 3.63) is 0 Å². The third-order valence-corrected chi connectivity index (χ3v) is 2.79. The monoisotopic (exact) mass is 257 g/mol. The molecule has 1 saturated heterocycles. The molecular formula is C11H19N3O4. The van der Waals surface area contributed by atoms with Crippen molar-refractivity contribution >= 4 is 17.9 Å². The van der Waals surface area contributed by atoms with E-state index >= 15 is 0 Å². The average molecular weight is 257 g/mol. The molecule has 102 valence electrons. The third kappa shape index (κ3) is 2.39. The number of hydrogen-bond acceptors (Lipinski definition) is 4. The van der Waals surface area contributed by atoms with E-state index in [0.29, 0.717) is 6.42 Å². The van der Waals surface area contributed by atoms with Crippen molar-refractivity contribution in [3.8, 4) is 0 Å². The van der Waals surface area contributed by atoms with E-state index in [-0.39, 0.29) is 13.0 Å². The number of urea groups is 1. The molecule has 0 spiro atoms. The van der Waals surface area contributed by atoms with Crippen LogP contribution in [0, 0.1) is 0 Å². The summed E-state index contributed by atoms with van der Waals surface area (Å²) in [6, 6.07) is -0.850. The summed E-state index contributed by atoms with van der Waals surface area (Å²) in [6.45, 7) is 5.23. The zero-order chi connectivity index (χ0) is 14.1. The summed E-state index contributed by atoms with van der Waals surface area (Å²) in [6.07, 6.45) is 0.616. The molecule has 1 unspecified atom stereocenters. The molecule has 1 fully saturated rings. The second-order valence-electron chi connectivity index (χ2n) is 5.32. The van der Waals surface area contributed by atoms with Gasteiger partial charge in [0, 0.05) is 6.54 Å². The number of rotatable bonds is 2. The molecule has 1 aliphatic rings. The Labute approximate surface area is 105 Å². The Morgan fingerprint density at radius 2 is 1.78 bits per heavy atom. The molecule has 0 aromatic rings. The van der Waals surface area contributed by atoms with E-state index in [0.717, 1.165) is 4.90 Å². The Morgan fingerprint density at radius 1 is 1.22 bits per heavy atom. The molecule has 1 heterocycles. The van der Waals surface area contributed by atoms with Gasteiger partial charge in [-0.05, 0) is 33.6 Å². The summed E-state index contributed by atoms with van der Waals surface area (Å²) in [5.41, 5.74) is 7.94. The van der Waals surface area contributed by atoms with Crippen LogP contribution in [-0.2, 0) is 14.3 Å². The van der Waals surface area contributed by atoms with Crippen LogP contribution in [0.3, 0.4) is 0 Å². The van der Waals surface area contributed by atoms with E-state index in [1.807, 2.05) is 0 Å². The Morgan fingerprint density at radius 3 is 2.17 bits per heavy atom. The van der Waals surface area contributed by atoms with Crippen LogP contribution < -0.4 is 11.5 Å². The standard InChI is InChI=1S/C11H19N3O4/c1-10(2,3)18-8(16)11(7(12)15)5-4-6-14(11)9(13)17/h4-6H2,1-3H3,(H2,12,15)(H2,13,17). The molecule has 0 aromatic heterocycles. The van der Waals surface area contributed by atoms with Crippen molar-refractivity contribution in [2.75, 3.05) is 6.54 Å². The van der Waals surface area contributed by atoms with Crippen molar-refractivity contribution < 1.29 is 19.1 Å². The number of primary amides is 2. The van der Waals surface area contributed by atoms with E-state index in [9.17, 15) is 14.4 Å². The molecule has 0 radical (unpaired) electrons. The average Bonchev–Trinajstić information content (AvgIpc) is 2.59. The van der Waals surface area contributed by atoms with Gasteiger partial charge in [0.2, 0.25) is 5.54 Å². The summed E-state index contributed by atoms with van der Waals surface area (Å²) in [5.74, 6) is -1.73. The number of hydrogen-bond donors (Lipinski definition) is 2. The Balaban J connectivity index is 3.12. The molecule has 7 heteroatoms. The van der Waals surface area contributed by atoms with Crippen molar-refractivity contribution in [3.63, 3.8) is 0 Å². The molecule has 7 nitrogen and oxygen atoms in total. The lowest BCUT2D eigenvalue weighted by atomic mass is 9.95. The van der Waals surface area contributed by atoms with Gasteiger partial charge in [-0.25, -0.2) is 9.59 Å². The zero-order valence-electron chi connectivity index (χ0n) is 10.9. The molecule has 1 atom stereocenters. The van der Waals surface area contributed by atoms with Crippen molar-refractivity contribution in [2.24, 2.45) is 11.5 Å². The molecule has 1 rings (SSSR count). The minimum absolute atomic E-state index is 0.139. The first kappa shape index (κ1) is 14.3. The lowest BCUT2D eigenvalue weighted by molar-refractivity contribution is -0.169. The first-order chi connectivity index (χ1) is 8.11. The number of nitrogens with two attached hydrogens (primary N) is 2. The fourth-order valence-electron chi connectivity index (χ4n) is 2.05. The smallest absolute Gasteiger partial charge is 0.342 e. The highest BCUT2D eigenvalue weighted by atomic mass is 16.6. The minimum Gasteiger partial charge on any atom is -0.458 e. The summed E-state index contributed by atoms with van der Waals surface area (Å²) in [4.78, 5) is 36.1. The van der Waals surface area contributed by atoms with Gasteiger partial charge in [-0.1, -0.05) is 0 Å². The second kappa shape index (κ2) is 4.47. The van der Waals surface area contributed by atoms with Crippen LogP contribution in [0.2, 0.25) is 0 Å². The minimum atomic E-state index is -1.76. The van der Waals surface area contributed by atoms with Gasteiger partial charge in [-0.2, -0.15) is 0 Å². The fraction of sp³-hybridized carbons (Fsp3) is 0.727. The highest BCUT2D eigenvalue weighted by Crippen LogP contribution is 2.31. The Bertz CT molecular complexity index is 388. The lowest BCUT2D eigenvalue weighted by Gasteiger charge is -2.34. The second-order valence-corrected chi connectivity index (χ2v) is 5.32. The molecular weight excluding hydrogens is 238 g/mol. The largest absolute Gasteiger partial charge is 0.458 e.